The molecule has 0 saturated carbocycles. The Bertz CT molecular complexity index is 1130. The lowest BCUT2D eigenvalue weighted by molar-refractivity contribution is -0.126. The Balaban J connectivity index is 1.45. The standard InChI is InChI=1S/C23H21N3O3/c27-15-18(28)10-8-16-4-3-5-17(24-16)9-11-23(29)26-13-12-20-19-6-1-2-7-21(19)25-22(20)14-26/h1-11,25,27H,12-15H2/b10-8+,11-9+. The monoisotopic (exact) mass is 387 g/mol. The van der Waals surface area contributed by atoms with Crippen molar-refractivity contribution >= 4 is 34.7 Å². The van der Waals surface area contributed by atoms with Crippen molar-refractivity contribution in [2.24, 2.45) is 0 Å². The van der Waals surface area contributed by atoms with Crippen LogP contribution < -0.4 is 0 Å². The van der Waals surface area contributed by atoms with Crippen LogP contribution in [0, 0.1) is 0 Å². The molecule has 4 rings (SSSR count). The number of aliphatic hydroxyl groups is 1. The number of pyridine rings is 1. The summed E-state index contributed by atoms with van der Waals surface area (Å²) in [6.07, 6.45) is 6.86. The summed E-state index contributed by atoms with van der Waals surface area (Å²) in [6.45, 7) is 0.711. The van der Waals surface area contributed by atoms with Crippen molar-refractivity contribution in [3.05, 3.63) is 77.3 Å². The van der Waals surface area contributed by atoms with Crippen LogP contribution in [0.25, 0.3) is 23.1 Å². The number of benzene rings is 1. The lowest BCUT2D eigenvalue weighted by Gasteiger charge is -2.26. The van der Waals surface area contributed by atoms with Crippen LogP contribution in [0.15, 0.2) is 54.6 Å². The van der Waals surface area contributed by atoms with E-state index in [0.717, 1.165) is 17.6 Å². The Morgan fingerprint density at radius 3 is 2.62 bits per heavy atom. The molecule has 1 aliphatic heterocycles. The van der Waals surface area contributed by atoms with Gasteiger partial charge in [-0.2, -0.15) is 0 Å². The molecular formula is C23H21N3O3. The summed E-state index contributed by atoms with van der Waals surface area (Å²) >= 11 is 0. The number of hydrogen-bond acceptors (Lipinski definition) is 4. The second-order valence-corrected chi connectivity index (χ2v) is 6.92. The van der Waals surface area contributed by atoms with E-state index < -0.39 is 6.61 Å². The van der Waals surface area contributed by atoms with E-state index in [4.69, 9.17) is 5.11 Å². The molecule has 2 aromatic heterocycles. The highest BCUT2D eigenvalue weighted by molar-refractivity contribution is 5.94. The van der Waals surface area contributed by atoms with Crippen LogP contribution in [-0.4, -0.2) is 44.8 Å². The van der Waals surface area contributed by atoms with Crippen LogP contribution in [0.5, 0.6) is 0 Å². The molecule has 29 heavy (non-hydrogen) atoms. The number of carbonyl (C=O) groups is 2. The summed E-state index contributed by atoms with van der Waals surface area (Å²) < 4.78 is 0. The SMILES string of the molecule is O=C(/C=C/c1cccc(/C=C/C(=O)N2CCc3c([nH]c4ccccc34)C2)n1)CO. The minimum Gasteiger partial charge on any atom is -0.388 e. The first-order valence-corrected chi connectivity index (χ1v) is 9.48. The molecule has 2 N–H and O–H groups in total. The Hall–Kier alpha value is -3.51. The van der Waals surface area contributed by atoms with Crippen molar-refractivity contribution in [1.29, 1.82) is 0 Å². The number of aliphatic hydroxyl groups excluding tert-OH is 1. The van der Waals surface area contributed by atoms with E-state index >= 15 is 0 Å². The fraction of sp³-hybridized carbons (Fsp3) is 0.174. The van der Waals surface area contributed by atoms with E-state index in [1.165, 1.54) is 23.1 Å². The molecule has 146 valence electrons. The summed E-state index contributed by atoms with van der Waals surface area (Å²) in [5, 5.41) is 10.00. The number of rotatable bonds is 5. The number of carbonyl (C=O) groups excluding carboxylic acids is 2. The number of H-pyrrole nitrogens is 1. The third kappa shape index (κ3) is 4.17. The second-order valence-electron chi connectivity index (χ2n) is 6.92. The van der Waals surface area contributed by atoms with Crippen molar-refractivity contribution < 1.29 is 14.7 Å². The van der Waals surface area contributed by atoms with Gasteiger partial charge < -0.3 is 15.0 Å². The van der Waals surface area contributed by atoms with Crippen LogP contribution in [0.2, 0.25) is 0 Å². The molecule has 0 spiro atoms. The third-order valence-corrected chi connectivity index (χ3v) is 4.98. The van der Waals surface area contributed by atoms with E-state index in [9.17, 15) is 9.59 Å². The Morgan fingerprint density at radius 2 is 1.83 bits per heavy atom. The zero-order valence-corrected chi connectivity index (χ0v) is 15.8. The summed E-state index contributed by atoms with van der Waals surface area (Å²) in [7, 11) is 0. The van der Waals surface area contributed by atoms with Gasteiger partial charge in [-0.3, -0.25) is 9.59 Å². The molecule has 6 nitrogen and oxygen atoms in total. The smallest absolute Gasteiger partial charge is 0.246 e. The van der Waals surface area contributed by atoms with Crippen molar-refractivity contribution in [2.45, 2.75) is 13.0 Å². The van der Waals surface area contributed by atoms with Gasteiger partial charge in [-0.15, -0.1) is 0 Å². The molecule has 0 bridgehead atoms. The maximum Gasteiger partial charge on any atom is 0.246 e. The zero-order valence-electron chi connectivity index (χ0n) is 15.8. The Morgan fingerprint density at radius 1 is 1.07 bits per heavy atom. The number of aromatic nitrogens is 2. The highest BCUT2D eigenvalue weighted by atomic mass is 16.3. The van der Waals surface area contributed by atoms with Gasteiger partial charge >= 0.3 is 0 Å². The molecule has 1 amide bonds. The molecule has 0 saturated heterocycles. The predicted octanol–water partition coefficient (Wildman–Crippen LogP) is 2.74. The summed E-state index contributed by atoms with van der Waals surface area (Å²) in [4.78, 5) is 33.4. The number of nitrogens with one attached hydrogen (secondary N) is 1. The summed E-state index contributed by atoms with van der Waals surface area (Å²) in [5.74, 6) is -0.447. The molecule has 0 radical (unpaired) electrons. The van der Waals surface area contributed by atoms with Crippen molar-refractivity contribution in [2.75, 3.05) is 13.2 Å². The van der Waals surface area contributed by atoms with Gasteiger partial charge in [0.25, 0.3) is 0 Å². The average Bonchev–Trinajstić information content (AvgIpc) is 3.14. The number of hydrogen-bond donors (Lipinski definition) is 2. The number of aromatic amines is 1. The van der Waals surface area contributed by atoms with E-state index in [1.807, 2.05) is 17.0 Å². The highest BCUT2D eigenvalue weighted by Crippen LogP contribution is 2.27. The lowest BCUT2D eigenvalue weighted by Crippen LogP contribution is -2.34. The first kappa shape index (κ1) is 18.8. The normalized spacial score (nSPS) is 14.0. The van der Waals surface area contributed by atoms with Gasteiger partial charge in [-0.1, -0.05) is 24.3 Å². The van der Waals surface area contributed by atoms with Crippen LogP contribution in [0.4, 0.5) is 0 Å². The van der Waals surface area contributed by atoms with Crippen LogP contribution in [0.1, 0.15) is 22.6 Å². The molecule has 0 aliphatic carbocycles. The minimum absolute atomic E-state index is 0.0625. The number of nitrogens with zero attached hydrogens (tertiary/aromatic N) is 2. The van der Waals surface area contributed by atoms with Crippen molar-refractivity contribution in [1.82, 2.24) is 14.9 Å². The second kappa shape index (κ2) is 8.24. The third-order valence-electron chi connectivity index (χ3n) is 4.98. The van der Waals surface area contributed by atoms with Gasteiger partial charge in [-0.25, -0.2) is 4.98 Å². The fourth-order valence-corrected chi connectivity index (χ4v) is 3.53. The Labute approximate surface area is 168 Å². The van der Waals surface area contributed by atoms with Gasteiger partial charge in [0, 0.05) is 29.2 Å². The first-order valence-electron chi connectivity index (χ1n) is 9.48. The molecule has 1 aromatic carbocycles. The van der Waals surface area contributed by atoms with E-state index in [2.05, 4.69) is 22.1 Å². The first-order chi connectivity index (χ1) is 14.1. The highest BCUT2D eigenvalue weighted by Gasteiger charge is 2.22. The van der Waals surface area contributed by atoms with Gasteiger partial charge in [0.2, 0.25) is 5.91 Å². The number of para-hydroxylation sites is 1. The van der Waals surface area contributed by atoms with E-state index in [-0.39, 0.29) is 11.7 Å². The molecule has 3 heterocycles. The van der Waals surface area contributed by atoms with Crippen molar-refractivity contribution in [3.63, 3.8) is 0 Å². The van der Waals surface area contributed by atoms with Crippen molar-refractivity contribution in [3.8, 4) is 0 Å². The van der Waals surface area contributed by atoms with Gasteiger partial charge in [0.15, 0.2) is 5.78 Å². The van der Waals surface area contributed by atoms with Gasteiger partial charge in [-0.05, 0) is 48.4 Å². The zero-order chi connectivity index (χ0) is 20.2. The van der Waals surface area contributed by atoms with Crippen LogP contribution in [-0.2, 0) is 22.6 Å². The quantitative estimate of drug-likeness (QED) is 0.659. The lowest BCUT2D eigenvalue weighted by atomic mass is 10.0. The van der Waals surface area contributed by atoms with E-state index in [1.54, 1.807) is 30.4 Å². The van der Waals surface area contributed by atoms with Gasteiger partial charge in [0.05, 0.1) is 17.9 Å². The molecule has 0 atom stereocenters. The molecule has 6 heteroatoms. The fourth-order valence-electron chi connectivity index (χ4n) is 3.53. The average molecular weight is 387 g/mol. The van der Waals surface area contributed by atoms with Crippen LogP contribution >= 0.6 is 0 Å². The molecule has 1 aliphatic rings. The summed E-state index contributed by atoms with van der Waals surface area (Å²) in [6, 6.07) is 13.6. The molecule has 0 fully saturated rings. The molecule has 3 aromatic rings. The van der Waals surface area contributed by atoms with Crippen LogP contribution in [0.3, 0.4) is 0 Å². The summed E-state index contributed by atoms with van der Waals surface area (Å²) in [5.41, 5.74) is 4.71. The van der Waals surface area contributed by atoms with E-state index in [0.29, 0.717) is 24.5 Å². The predicted molar refractivity (Wildman–Crippen MR) is 112 cm³/mol. The Kier molecular flexibility index (Phi) is 5.35. The largest absolute Gasteiger partial charge is 0.388 e. The number of ketones is 1. The molecular weight excluding hydrogens is 366 g/mol. The maximum atomic E-state index is 12.6. The minimum atomic E-state index is -0.529. The van der Waals surface area contributed by atoms with Gasteiger partial charge in [0.1, 0.15) is 6.61 Å². The topological polar surface area (TPSA) is 86.3 Å². The number of amides is 1. The molecule has 0 unspecified atom stereocenters. The maximum absolute atomic E-state index is 12.6. The number of fused-ring (bicyclic) bond motifs is 3.